The van der Waals surface area contributed by atoms with Crippen molar-refractivity contribution >= 4 is 38.8 Å². The second-order valence-electron chi connectivity index (χ2n) is 8.22. The predicted molar refractivity (Wildman–Crippen MR) is 116 cm³/mol. The molecule has 1 N–H and O–H groups in total. The van der Waals surface area contributed by atoms with Gasteiger partial charge in [-0.1, -0.05) is 24.3 Å². The topological polar surface area (TPSA) is 59.9 Å². The molecule has 0 saturated heterocycles. The molecule has 0 spiro atoms. The number of rotatable bonds is 1. The number of nitrogens with zero attached hydrogens (tertiary/aromatic N) is 2. The van der Waals surface area contributed by atoms with Crippen LogP contribution in [0.1, 0.15) is 20.8 Å². The Bertz CT molecular complexity index is 1390. The molecule has 5 rings (SSSR count). The zero-order valence-corrected chi connectivity index (χ0v) is 16.6. The Balaban J connectivity index is 1.74. The number of nitrogens with one attached hydrogen (secondary N) is 1. The highest BCUT2D eigenvalue weighted by molar-refractivity contribution is 6.13. The molecule has 144 valence electrons. The Morgan fingerprint density at radius 2 is 1.76 bits per heavy atom. The number of ether oxygens (including phenoxy) is 1. The number of aromatic nitrogens is 3. The fourth-order valence-electron chi connectivity index (χ4n) is 3.78. The molecule has 5 heteroatoms. The first-order valence-corrected chi connectivity index (χ1v) is 9.60. The average molecular weight is 383 g/mol. The van der Waals surface area contributed by atoms with Crippen LogP contribution in [0.4, 0.5) is 4.79 Å². The van der Waals surface area contributed by atoms with E-state index in [1.807, 2.05) is 39.1 Å². The average Bonchev–Trinajstić information content (AvgIpc) is 3.27. The summed E-state index contributed by atoms with van der Waals surface area (Å²) in [6, 6.07) is 16.4. The van der Waals surface area contributed by atoms with Crippen molar-refractivity contribution in [2.45, 2.75) is 26.4 Å². The van der Waals surface area contributed by atoms with E-state index in [-0.39, 0.29) is 6.09 Å². The van der Waals surface area contributed by atoms with Gasteiger partial charge in [0.1, 0.15) is 5.60 Å². The molecular weight excluding hydrogens is 362 g/mol. The standard InChI is InChI=1S/C24H21N3O2/c1-24(2,3)29-23(28)27-21-9-10-25-14-19(21)18-7-6-17(13-22(18)27)16-5-4-15-8-11-26-20(15)12-16/h4-14,26H,1-3H3. The zero-order chi connectivity index (χ0) is 20.2. The van der Waals surface area contributed by atoms with Crippen molar-refractivity contribution in [3.63, 3.8) is 0 Å². The van der Waals surface area contributed by atoms with Crippen LogP contribution in [0, 0.1) is 0 Å². The minimum Gasteiger partial charge on any atom is -0.443 e. The van der Waals surface area contributed by atoms with Crippen LogP contribution in [-0.2, 0) is 4.74 Å². The highest BCUT2D eigenvalue weighted by Crippen LogP contribution is 2.33. The Hall–Kier alpha value is -3.60. The molecule has 0 aliphatic rings. The van der Waals surface area contributed by atoms with Gasteiger partial charge in [0.05, 0.1) is 11.0 Å². The molecule has 2 aromatic carbocycles. The van der Waals surface area contributed by atoms with E-state index < -0.39 is 5.60 Å². The lowest BCUT2D eigenvalue weighted by Crippen LogP contribution is -2.27. The molecule has 0 atom stereocenters. The molecule has 0 unspecified atom stereocenters. The van der Waals surface area contributed by atoms with Crippen molar-refractivity contribution in [2.24, 2.45) is 0 Å². The molecule has 3 heterocycles. The Kier molecular flexibility index (Phi) is 3.74. The van der Waals surface area contributed by atoms with Gasteiger partial charge in [0.2, 0.25) is 0 Å². The van der Waals surface area contributed by atoms with Crippen LogP contribution < -0.4 is 0 Å². The maximum Gasteiger partial charge on any atom is 0.419 e. The van der Waals surface area contributed by atoms with Gasteiger partial charge >= 0.3 is 6.09 Å². The molecule has 29 heavy (non-hydrogen) atoms. The monoisotopic (exact) mass is 383 g/mol. The fraction of sp³-hybridized carbons (Fsp3) is 0.167. The van der Waals surface area contributed by atoms with E-state index in [2.05, 4.69) is 46.4 Å². The number of hydrogen-bond donors (Lipinski definition) is 1. The van der Waals surface area contributed by atoms with Crippen molar-refractivity contribution in [3.05, 3.63) is 67.1 Å². The van der Waals surface area contributed by atoms with Gasteiger partial charge in [-0.05, 0) is 61.5 Å². The summed E-state index contributed by atoms with van der Waals surface area (Å²) in [4.78, 5) is 20.6. The van der Waals surface area contributed by atoms with Crippen molar-refractivity contribution in [1.82, 2.24) is 14.5 Å². The smallest absolute Gasteiger partial charge is 0.419 e. The summed E-state index contributed by atoms with van der Waals surface area (Å²) < 4.78 is 7.34. The van der Waals surface area contributed by atoms with Crippen LogP contribution in [-0.4, -0.2) is 26.2 Å². The van der Waals surface area contributed by atoms with E-state index in [0.717, 1.165) is 38.4 Å². The molecule has 0 aliphatic heterocycles. The molecular formula is C24H21N3O2. The minimum atomic E-state index is -0.580. The Labute approximate surface area is 167 Å². The third-order valence-electron chi connectivity index (χ3n) is 5.03. The number of fused-ring (bicyclic) bond motifs is 4. The third kappa shape index (κ3) is 2.95. The van der Waals surface area contributed by atoms with Crippen LogP contribution in [0.5, 0.6) is 0 Å². The van der Waals surface area contributed by atoms with Crippen molar-refractivity contribution in [2.75, 3.05) is 0 Å². The maximum absolute atomic E-state index is 13.1. The first-order chi connectivity index (χ1) is 13.9. The SMILES string of the molecule is CC(C)(C)OC(=O)n1c2ccncc2c2ccc(-c3ccc4cc[nH]c4c3)cc21. The molecule has 3 aromatic heterocycles. The summed E-state index contributed by atoms with van der Waals surface area (Å²) in [5, 5.41) is 3.08. The summed E-state index contributed by atoms with van der Waals surface area (Å²) in [6.07, 6.45) is 5.04. The summed E-state index contributed by atoms with van der Waals surface area (Å²) in [6.45, 7) is 5.62. The second-order valence-corrected chi connectivity index (χ2v) is 8.22. The first-order valence-electron chi connectivity index (χ1n) is 9.60. The molecule has 0 saturated carbocycles. The molecule has 0 fully saturated rings. The quantitative estimate of drug-likeness (QED) is 0.379. The fourth-order valence-corrected chi connectivity index (χ4v) is 3.78. The van der Waals surface area contributed by atoms with E-state index in [0.29, 0.717) is 0 Å². The lowest BCUT2D eigenvalue weighted by Gasteiger charge is -2.20. The van der Waals surface area contributed by atoms with Crippen molar-refractivity contribution < 1.29 is 9.53 Å². The number of aromatic amines is 1. The van der Waals surface area contributed by atoms with Crippen LogP contribution >= 0.6 is 0 Å². The number of hydrogen-bond acceptors (Lipinski definition) is 3. The van der Waals surface area contributed by atoms with E-state index in [4.69, 9.17) is 4.74 Å². The molecule has 5 nitrogen and oxygen atoms in total. The van der Waals surface area contributed by atoms with Gasteiger partial charge in [-0.2, -0.15) is 0 Å². The van der Waals surface area contributed by atoms with Gasteiger partial charge in [0.15, 0.2) is 0 Å². The molecule has 0 radical (unpaired) electrons. The van der Waals surface area contributed by atoms with Gasteiger partial charge in [-0.15, -0.1) is 0 Å². The second kappa shape index (κ2) is 6.21. The number of carbonyl (C=O) groups is 1. The summed E-state index contributed by atoms with van der Waals surface area (Å²) in [5.74, 6) is 0. The van der Waals surface area contributed by atoms with Crippen LogP contribution in [0.2, 0.25) is 0 Å². The Morgan fingerprint density at radius 1 is 0.966 bits per heavy atom. The Morgan fingerprint density at radius 3 is 2.59 bits per heavy atom. The number of H-pyrrole nitrogens is 1. The van der Waals surface area contributed by atoms with Crippen molar-refractivity contribution in [3.8, 4) is 11.1 Å². The molecule has 5 aromatic rings. The van der Waals surface area contributed by atoms with Crippen LogP contribution in [0.15, 0.2) is 67.1 Å². The van der Waals surface area contributed by atoms with E-state index >= 15 is 0 Å². The summed E-state index contributed by atoms with van der Waals surface area (Å²) in [5.41, 5.74) is 4.23. The highest BCUT2D eigenvalue weighted by Gasteiger charge is 2.22. The predicted octanol–water partition coefficient (Wildman–Crippen LogP) is 6.12. The summed E-state index contributed by atoms with van der Waals surface area (Å²) in [7, 11) is 0. The summed E-state index contributed by atoms with van der Waals surface area (Å²) >= 11 is 0. The highest BCUT2D eigenvalue weighted by atomic mass is 16.6. The first kappa shape index (κ1) is 17.5. The largest absolute Gasteiger partial charge is 0.443 e. The number of carbonyl (C=O) groups excluding carboxylic acids is 1. The van der Waals surface area contributed by atoms with Crippen molar-refractivity contribution in [1.29, 1.82) is 0 Å². The molecule has 0 bridgehead atoms. The molecule has 0 amide bonds. The minimum absolute atomic E-state index is 0.388. The maximum atomic E-state index is 13.1. The third-order valence-corrected chi connectivity index (χ3v) is 5.03. The van der Waals surface area contributed by atoms with Gasteiger partial charge in [0.25, 0.3) is 0 Å². The van der Waals surface area contributed by atoms with E-state index in [1.54, 1.807) is 17.0 Å². The van der Waals surface area contributed by atoms with E-state index in [9.17, 15) is 4.79 Å². The zero-order valence-electron chi connectivity index (χ0n) is 16.6. The van der Waals surface area contributed by atoms with E-state index in [1.165, 1.54) is 5.39 Å². The normalized spacial score (nSPS) is 12.1. The number of benzene rings is 2. The molecule has 0 aliphatic carbocycles. The number of pyridine rings is 1. The van der Waals surface area contributed by atoms with Crippen LogP contribution in [0.25, 0.3) is 43.8 Å². The lowest BCUT2D eigenvalue weighted by atomic mass is 10.0. The van der Waals surface area contributed by atoms with Gasteiger partial charge in [0, 0.05) is 34.9 Å². The van der Waals surface area contributed by atoms with Crippen LogP contribution in [0.3, 0.4) is 0 Å². The lowest BCUT2D eigenvalue weighted by molar-refractivity contribution is 0.0551. The van der Waals surface area contributed by atoms with Gasteiger partial charge in [-0.3, -0.25) is 4.98 Å². The van der Waals surface area contributed by atoms with Gasteiger partial charge in [-0.25, -0.2) is 9.36 Å². The van der Waals surface area contributed by atoms with Gasteiger partial charge < -0.3 is 9.72 Å².